The molecule has 0 spiro atoms. The van der Waals surface area contributed by atoms with E-state index in [1.165, 1.54) is 12.8 Å². The molecule has 0 radical (unpaired) electrons. The van der Waals surface area contributed by atoms with Gasteiger partial charge in [-0.3, -0.25) is 0 Å². The van der Waals surface area contributed by atoms with Crippen LogP contribution in [0.3, 0.4) is 0 Å². The van der Waals surface area contributed by atoms with Crippen molar-refractivity contribution in [1.29, 1.82) is 0 Å². The molecular weight excluding hydrogens is 242 g/mol. The number of rotatable bonds is 8. The summed E-state index contributed by atoms with van der Waals surface area (Å²) in [6, 6.07) is 4.52. The Morgan fingerprint density at radius 1 is 1.32 bits per heavy atom. The summed E-state index contributed by atoms with van der Waals surface area (Å²) in [5.41, 5.74) is 0.790. The van der Waals surface area contributed by atoms with Crippen molar-refractivity contribution in [3.05, 3.63) is 17.8 Å². The van der Waals surface area contributed by atoms with Gasteiger partial charge < -0.3 is 14.8 Å². The predicted octanol–water partition coefficient (Wildman–Crippen LogP) is 1.92. The van der Waals surface area contributed by atoms with E-state index in [-0.39, 0.29) is 5.60 Å². The molecule has 1 N–H and O–H groups in total. The highest BCUT2D eigenvalue weighted by Gasteiger charge is 2.20. The molecule has 1 aromatic heterocycles. The van der Waals surface area contributed by atoms with Crippen molar-refractivity contribution in [2.75, 3.05) is 13.7 Å². The number of nitrogens with zero attached hydrogens (tertiary/aromatic N) is 2. The van der Waals surface area contributed by atoms with Gasteiger partial charge in [0.05, 0.1) is 17.9 Å². The highest BCUT2D eigenvalue weighted by Crippen LogP contribution is 2.19. The molecule has 5 heteroatoms. The van der Waals surface area contributed by atoms with E-state index in [4.69, 9.17) is 9.47 Å². The second kappa shape index (κ2) is 6.30. The van der Waals surface area contributed by atoms with Gasteiger partial charge in [0.2, 0.25) is 5.88 Å². The topological polar surface area (TPSA) is 56.3 Å². The number of hydrogen-bond donors (Lipinski definition) is 1. The molecule has 0 bridgehead atoms. The maximum atomic E-state index is 5.56. The molecular formula is C14H23N3O2. The van der Waals surface area contributed by atoms with Crippen molar-refractivity contribution in [2.24, 2.45) is 0 Å². The van der Waals surface area contributed by atoms with Crippen LogP contribution in [0.15, 0.2) is 12.1 Å². The quantitative estimate of drug-likeness (QED) is 0.778. The van der Waals surface area contributed by atoms with Gasteiger partial charge >= 0.3 is 0 Å². The molecule has 0 aliphatic heterocycles. The van der Waals surface area contributed by atoms with Crippen molar-refractivity contribution >= 4 is 0 Å². The first-order chi connectivity index (χ1) is 9.09. The van der Waals surface area contributed by atoms with E-state index in [0.717, 1.165) is 18.7 Å². The molecule has 1 heterocycles. The summed E-state index contributed by atoms with van der Waals surface area (Å²) in [4.78, 5) is 0. The van der Waals surface area contributed by atoms with Crippen LogP contribution in [0.5, 0.6) is 5.88 Å². The summed E-state index contributed by atoms with van der Waals surface area (Å²) in [5, 5.41) is 11.6. The lowest BCUT2D eigenvalue weighted by Crippen LogP contribution is -2.25. The average Bonchev–Trinajstić information content (AvgIpc) is 3.22. The molecule has 2 rings (SSSR count). The van der Waals surface area contributed by atoms with Crippen LogP contribution in [0.25, 0.3) is 0 Å². The summed E-state index contributed by atoms with van der Waals surface area (Å²) in [5.74, 6) is 0.571. The lowest BCUT2D eigenvalue weighted by molar-refractivity contribution is 0.00500. The zero-order valence-corrected chi connectivity index (χ0v) is 12.0. The van der Waals surface area contributed by atoms with Gasteiger partial charge in [-0.15, -0.1) is 5.10 Å². The molecule has 1 aliphatic carbocycles. The van der Waals surface area contributed by atoms with Gasteiger partial charge in [0.1, 0.15) is 0 Å². The minimum absolute atomic E-state index is 0.165. The zero-order valence-electron chi connectivity index (χ0n) is 12.0. The third kappa shape index (κ3) is 5.12. The minimum Gasteiger partial charge on any atom is -0.476 e. The van der Waals surface area contributed by atoms with Crippen LogP contribution in [0.2, 0.25) is 0 Å². The lowest BCUT2D eigenvalue weighted by Gasteiger charge is -2.22. The molecule has 0 saturated heterocycles. The SMILES string of the molecule is COC(C)(C)CCOc1ccc(CNC2CC2)nn1. The van der Waals surface area contributed by atoms with E-state index in [9.17, 15) is 0 Å². The Kier molecular flexibility index (Phi) is 4.71. The van der Waals surface area contributed by atoms with Crippen LogP contribution < -0.4 is 10.1 Å². The zero-order chi connectivity index (χ0) is 13.7. The van der Waals surface area contributed by atoms with E-state index in [0.29, 0.717) is 18.5 Å². The molecule has 1 saturated carbocycles. The molecule has 1 aliphatic rings. The summed E-state index contributed by atoms with van der Waals surface area (Å²) in [7, 11) is 1.71. The first kappa shape index (κ1) is 14.2. The van der Waals surface area contributed by atoms with Crippen LogP contribution in [0, 0.1) is 0 Å². The Hall–Kier alpha value is -1.20. The first-order valence-corrected chi connectivity index (χ1v) is 6.83. The fourth-order valence-electron chi connectivity index (χ4n) is 1.56. The third-order valence-corrected chi connectivity index (χ3v) is 3.35. The smallest absolute Gasteiger partial charge is 0.233 e. The van der Waals surface area contributed by atoms with Crippen LogP contribution in [-0.2, 0) is 11.3 Å². The van der Waals surface area contributed by atoms with Crippen LogP contribution in [0.1, 0.15) is 38.8 Å². The molecule has 0 amide bonds. The Labute approximate surface area is 114 Å². The first-order valence-electron chi connectivity index (χ1n) is 6.83. The predicted molar refractivity (Wildman–Crippen MR) is 73.1 cm³/mol. The molecule has 19 heavy (non-hydrogen) atoms. The summed E-state index contributed by atoms with van der Waals surface area (Å²) >= 11 is 0. The van der Waals surface area contributed by atoms with Crippen molar-refractivity contribution in [3.8, 4) is 5.88 Å². The van der Waals surface area contributed by atoms with Gasteiger partial charge in [-0.05, 0) is 32.8 Å². The Morgan fingerprint density at radius 2 is 2.11 bits per heavy atom. The fraction of sp³-hybridized carbons (Fsp3) is 0.714. The van der Waals surface area contributed by atoms with Crippen LogP contribution >= 0.6 is 0 Å². The van der Waals surface area contributed by atoms with Crippen molar-refractivity contribution in [1.82, 2.24) is 15.5 Å². The maximum absolute atomic E-state index is 5.56. The van der Waals surface area contributed by atoms with Gasteiger partial charge in [0.15, 0.2) is 0 Å². The number of aromatic nitrogens is 2. The van der Waals surface area contributed by atoms with E-state index in [1.54, 1.807) is 7.11 Å². The summed E-state index contributed by atoms with van der Waals surface area (Å²) < 4.78 is 10.9. The largest absolute Gasteiger partial charge is 0.476 e. The Bertz CT molecular complexity index is 388. The lowest BCUT2D eigenvalue weighted by atomic mass is 10.1. The highest BCUT2D eigenvalue weighted by atomic mass is 16.5. The Balaban J connectivity index is 1.71. The molecule has 1 aromatic rings. The van der Waals surface area contributed by atoms with Crippen LogP contribution in [0.4, 0.5) is 0 Å². The molecule has 106 valence electrons. The number of nitrogens with one attached hydrogen (secondary N) is 1. The second-order valence-electron chi connectivity index (χ2n) is 5.58. The van der Waals surface area contributed by atoms with E-state index in [1.807, 2.05) is 26.0 Å². The minimum atomic E-state index is -0.165. The standard InChI is InChI=1S/C14H23N3O2/c1-14(2,18-3)8-9-19-13-7-6-12(16-17-13)10-15-11-4-5-11/h6-7,11,15H,4-5,8-10H2,1-3H3. The van der Waals surface area contributed by atoms with Gasteiger partial charge in [-0.2, -0.15) is 5.10 Å². The van der Waals surface area contributed by atoms with Crippen LogP contribution in [-0.4, -0.2) is 35.6 Å². The van der Waals surface area contributed by atoms with Crippen molar-refractivity contribution < 1.29 is 9.47 Å². The van der Waals surface area contributed by atoms with Gasteiger partial charge in [0.25, 0.3) is 0 Å². The summed E-state index contributed by atoms with van der Waals surface area (Å²) in [6.45, 7) is 5.44. The summed E-state index contributed by atoms with van der Waals surface area (Å²) in [6.07, 6.45) is 3.38. The average molecular weight is 265 g/mol. The van der Waals surface area contributed by atoms with Crippen molar-refractivity contribution in [2.45, 2.75) is 51.3 Å². The number of hydrogen-bond acceptors (Lipinski definition) is 5. The van der Waals surface area contributed by atoms with Crippen molar-refractivity contribution in [3.63, 3.8) is 0 Å². The second-order valence-corrected chi connectivity index (χ2v) is 5.58. The number of methoxy groups -OCH3 is 1. The normalized spacial score (nSPS) is 15.5. The van der Waals surface area contributed by atoms with Gasteiger partial charge in [0, 0.05) is 32.2 Å². The number of ether oxygens (including phenoxy) is 2. The molecule has 5 nitrogen and oxygen atoms in total. The molecule has 0 atom stereocenters. The van der Waals surface area contributed by atoms with E-state index < -0.39 is 0 Å². The van der Waals surface area contributed by atoms with E-state index in [2.05, 4.69) is 15.5 Å². The third-order valence-electron chi connectivity index (χ3n) is 3.35. The molecule has 0 unspecified atom stereocenters. The monoisotopic (exact) mass is 265 g/mol. The Morgan fingerprint density at radius 3 is 2.68 bits per heavy atom. The maximum Gasteiger partial charge on any atom is 0.233 e. The highest BCUT2D eigenvalue weighted by molar-refractivity contribution is 5.11. The van der Waals surface area contributed by atoms with Gasteiger partial charge in [-0.1, -0.05) is 0 Å². The van der Waals surface area contributed by atoms with Gasteiger partial charge in [-0.25, -0.2) is 0 Å². The molecule has 1 fully saturated rings. The van der Waals surface area contributed by atoms with E-state index >= 15 is 0 Å². The fourth-order valence-corrected chi connectivity index (χ4v) is 1.56. The molecule has 0 aromatic carbocycles.